The summed E-state index contributed by atoms with van der Waals surface area (Å²) in [5.41, 5.74) is 1.32. The standard InChI is InChI=1S/C16H15NO3/c18-16(17-13-5-2-1-3-6-13)12-7-8-14-15(11-12)20-10-4-9-19-14/h1-3,5-8,11H,4,9-10H2,(H,17,18). The number of anilines is 1. The maximum Gasteiger partial charge on any atom is 0.255 e. The van der Waals surface area contributed by atoms with Crippen molar-refractivity contribution in [1.29, 1.82) is 0 Å². The van der Waals surface area contributed by atoms with Crippen molar-refractivity contribution in [3.05, 3.63) is 54.1 Å². The number of ether oxygens (including phenoxy) is 2. The maximum atomic E-state index is 12.2. The van der Waals surface area contributed by atoms with Crippen LogP contribution in [0.4, 0.5) is 5.69 Å². The summed E-state index contributed by atoms with van der Waals surface area (Å²) in [6.07, 6.45) is 0.847. The highest BCUT2D eigenvalue weighted by Crippen LogP contribution is 2.30. The molecule has 0 saturated heterocycles. The summed E-state index contributed by atoms with van der Waals surface area (Å²) in [7, 11) is 0. The Morgan fingerprint density at radius 1 is 0.950 bits per heavy atom. The molecule has 2 aromatic carbocycles. The van der Waals surface area contributed by atoms with E-state index in [-0.39, 0.29) is 5.91 Å². The maximum absolute atomic E-state index is 12.2. The molecule has 0 atom stereocenters. The van der Waals surface area contributed by atoms with Crippen LogP contribution < -0.4 is 14.8 Å². The summed E-state index contributed by atoms with van der Waals surface area (Å²) in [6.45, 7) is 1.25. The van der Waals surface area contributed by atoms with E-state index in [1.165, 1.54) is 0 Å². The molecule has 1 aliphatic heterocycles. The first-order valence-corrected chi connectivity index (χ1v) is 6.59. The highest BCUT2D eigenvalue weighted by Gasteiger charge is 2.14. The second-order valence-corrected chi connectivity index (χ2v) is 4.53. The van der Waals surface area contributed by atoms with Crippen molar-refractivity contribution in [3.8, 4) is 11.5 Å². The lowest BCUT2D eigenvalue weighted by Gasteiger charge is -2.09. The number of benzene rings is 2. The largest absolute Gasteiger partial charge is 0.490 e. The molecule has 0 radical (unpaired) electrons. The van der Waals surface area contributed by atoms with Crippen molar-refractivity contribution in [3.63, 3.8) is 0 Å². The molecule has 4 heteroatoms. The SMILES string of the molecule is O=C(Nc1ccccc1)c1ccc2c(c1)OCCCO2. The summed E-state index contributed by atoms with van der Waals surface area (Å²) >= 11 is 0. The zero-order chi connectivity index (χ0) is 13.8. The lowest BCUT2D eigenvalue weighted by molar-refractivity contribution is 0.102. The van der Waals surface area contributed by atoms with E-state index >= 15 is 0 Å². The van der Waals surface area contributed by atoms with Crippen LogP contribution in [0.25, 0.3) is 0 Å². The zero-order valence-corrected chi connectivity index (χ0v) is 11.0. The van der Waals surface area contributed by atoms with Crippen LogP contribution in [0.2, 0.25) is 0 Å². The third-order valence-electron chi connectivity index (χ3n) is 3.04. The van der Waals surface area contributed by atoms with E-state index < -0.39 is 0 Å². The number of carbonyl (C=O) groups is 1. The lowest BCUT2D eigenvalue weighted by atomic mass is 10.2. The van der Waals surface area contributed by atoms with Gasteiger partial charge in [0.25, 0.3) is 5.91 Å². The van der Waals surface area contributed by atoms with Crippen molar-refractivity contribution in [2.75, 3.05) is 18.5 Å². The Hall–Kier alpha value is -2.49. The number of amides is 1. The number of carbonyl (C=O) groups excluding carboxylic acids is 1. The Balaban J connectivity index is 1.80. The van der Waals surface area contributed by atoms with Crippen LogP contribution in [0.5, 0.6) is 11.5 Å². The van der Waals surface area contributed by atoms with Gasteiger partial charge in [0.15, 0.2) is 11.5 Å². The number of rotatable bonds is 2. The van der Waals surface area contributed by atoms with Gasteiger partial charge < -0.3 is 14.8 Å². The molecule has 1 aliphatic rings. The van der Waals surface area contributed by atoms with Gasteiger partial charge in [0.2, 0.25) is 0 Å². The van der Waals surface area contributed by atoms with Crippen molar-refractivity contribution >= 4 is 11.6 Å². The van der Waals surface area contributed by atoms with Gasteiger partial charge in [0, 0.05) is 17.7 Å². The third-order valence-corrected chi connectivity index (χ3v) is 3.04. The van der Waals surface area contributed by atoms with E-state index in [1.54, 1.807) is 18.2 Å². The lowest BCUT2D eigenvalue weighted by Crippen LogP contribution is -2.11. The number of hydrogen-bond donors (Lipinski definition) is 1. The number of para-hydroxylation sites is 1. The van der Waals surface area contributed by atoms with Crippen molar-refractivity contribution in [2.45, 2.75) is 6.42 Å². The van der Waals surface area contributed by atoms with Gasteiger partial charge in [-0.15, -0.1) is 0 Å². The molecule has 102 valence electrons. The van der Waals surface area contributed by atoms with Gasteiger partial charge in [-0.25, -0.2) is 0 Å². The molecule has 0 bridgehead atoms. The van der Waals surface area contributed by atoms with E-state index in [0.717, 1.165) is 12.1 Å². The molecule has 0 aliphatic carbocycles. The Morgan fingerprint density at radius 3 is 2.50 bits per heavy atom. The molecule has 0 unspecified atom stereocenters. The third kappa shape index (κ3) is 2.74. The van der Waals surface area contributed by atoms with Crippen LogP contribution in [0.1, 0.15) is 16.8 Å². The van der Waals surface area contributed by atoms with E-state index in [0.29, 0.717) is 30.3 Å². The zero-order valence-electron chi connectivity index (χ0n) is 11.0. The Bertz CT molecular complexity index is 610. The summed E-state index contributed by atoms with van der Waals surface area (Å²) in [5.74, 6) is 1.16. The number of hydrogen-bond acceptors (Lipinski definition) is 3. The predicted molar refractivity (Wildman–Crippen MR) is 76.4 cm³/mol. The fourth-order valence-electron chi connectivity index (χ4n) is 2.03. The average molecular weight is 269 g/mol. The molecule has 20 heavy (non-hydrogen) atoms. The molecule has 1 amide bonds. The van der Waals surface area contributed by atoms with E-state index in [4.69, 9.17) is 9.47 Å². The van der Waals surface area contributed by atoms with Crippen molar-refractivity contribution in [2.24, 2.45) is 0 Å². The average Bonchev–Trinajstić information content (AvgIpc) is 2.72. The fraction of sp³-hybridized carbons (Fsp3) is 0.188. The quantitative estimate of drug-likeness (QED) is 0.911. The minimum absolute atomic E-state index is 0.160. The summed E-state index contributed by atoms with van der Waals surface area (Å²) < 4.78 is 11.1. The normalized spacial score (nSPS) is 13.4. The monoisotopic (exact) mass is 269 g/mol. The first-order valence-electron chi connectivity index (χ1n) is 6.59. The van der Waals surface area contributed by atoms with Crippen LogP contribution in [0, 0.1) is 0 Å². The molecule has 0 aromatic heterocycles. The minimum atomic E-state index is -0.160. The Labute approximate surface area is 117 Å². The first kappa shape index (κ1) is 12.5. The minimum Gasteiger partial charge on any atom is -0.490 e. The molecular formula is C16H15NO3. The van der Waals surface area contributed by atoms with Gasteiger partial charge in [-0.2, -0.15) is 0 Å². The second-order valence-electron chi connectivity index (χ2n) is 4.53. The second kappa shape index (κ2) is 5.65. The molecule has 4 nitrogen and oxygen atoms in total. The molecular weight excluding hydrogens is 254 g/mol. The highest BCUT2D eigenvalue weighted by molar-refractivity contribution is 6.04. The smallest absolute Gasteiger partial charge is 0.255 e. The summed E-state index contributed by atoms with van der Waals surface area (Å²) in [6, 6.07) is 14.6. The number of fused-ring (bicyclic) bond motifs is 1. The topological polar surface area (TPSA) is 47.6 Å². The summed E-state index contributed by atoms with van der Waals surface area (Å²) in [4.78, 5) is 12.2. The van der Waals surface area contributed by atoms with Crippen LogP contribution in [0.3, 0.4) is 0 Å². The molecule has 2 aromatic rings. The van der Waals surface area contributed by atoms with E-state index in [1.807, 2.05) is 30.3 Å². The first-order chi connectivity index (χ1) is 9.83. The van der Waals surface area contributed by atoms with Crippen LogP contribution in [0.15, 0.2) is 48.5 Å². The highest BCUT2D eigenvalue weighted by atomic mass is 16.5. The molecule has 0 saturated carbocycles. The van der Waals surface area contributed by atoms with Gasteiger partial charge in [-0.3, -0.25) is 4.79 Å². The molecule has 1 heterocycles. The van der Waals surface area contributed by atoms with Gasteiger partial charge in [0.05, 0.1) is 13.2 Å². The van der Waals surface area contributed by atoms with Gasteiger partial charge in [0.1, 0.15) is 0 Å². The van der Waals surface area contributed by atoms with Gasteiger partial charge in [-0.1, -0.05) is 18.2 Å². The van der Waals surface area contributed by atoms with E-state index in [9.17, 15) is 4.79 Å². The summed E-state index contributed by atoms with van der Waals surface area (Å²) in [5, 5.41) is 2.85. The van der Waals surface area contributed by atoms with Gasteiger partial charge in [-0.05, 0) is 30.3 Å². The predicted octanol–water partition coefficient (Wildman–Crippen LogP) is 3.10. The van der Waals surface area contributed by atoms with Crippen LogP contribution in [-0.4, -0.2) is 19.1 Å². The Morgan fingerprint density at radius 2 is 1.70 bits per heavy atom. The van der Waals surface area contributed by atoms with Crippen LogP contribution in [-0.2, 0) is 0 Å². The molecule has 1 N–H and O–H groups in total. The number of nitrogens with one attached hydrogen (secondary N) is 1. The van der Waals surface area contributed by atoms with Crippen LogP contribution >= 0.6 is 0 Å². The van der Waals surface area contributed by atoms with Gasteiger partial charge >= 0.3 is 0 Å². The Kier molecular flexibility index (Phi) is 3.54. The van der Waals surface area contributed by atoms with E-state index in [2.05, 4.69) is 5.32 Å². The molecule has 3 rings (SSSR count). The molecule has 0 fully saturated rings. The molecule has 0 spiro atoms. The van der Waals surface area contributed by atoms with Crippen molar-refractivity contribution < 1.29 is 14.3 Å². The fourth-order valence-corrected chi connectivity index (χ4v) is 2.03. The van der Waals surface area contributed by atoms with Crippen molar-refractivity contribution in [1.82, 2.24) is 0 Å².